The molecule has 94 valence electrons. The lowest BCUT2D eigenvalue weighted by Crippen LogP contribution is -2.28. The van der Waals surface area contributed by atoms with Gasteiger partial charge in [0.05, 0.1) is 5.52 Å². The number of halogens is 1. The average Bonchev–Trinajstić information content (AvgIpc) is 2.36. The second-order valence-corrected chi connectivity index (χ2v) is 5.42. The third-order valence-electron chi connectivity index (χ3n) is 3.74. The van der Waals surface area contributed by atoms with Crippen LogP contribution >= 0.6 is 11.6 Å². The monoisotopic (exact) mass is 260 g/mol. The van der Waals surface area contributed by atoms with E-state index in [4.69, 9.17) is 16.6 Å². The molecule has 3 rings (SSSR count). The maximum Gasteiger partial charge on any atom is 0.0708 e. The van der Waals surface area contributed by atoms with Crippen molar-refractivity contribution >= 4 is 22.5 Å². The zero-order valence-corrected chi connectivity index (χ0v) is 11.6. The van der Waals surface area contributed by atoms with Crippen molar-refractivity contribution < 1.29 is 0 Å². The van der Waals surface area contributed by atoms with Gasteiger partial charge in [0.1, 0.15) is 0 Å². The molecule has 0 aliphatic carbocycles. The van der Waals surface area contributed by atoms with Crippen LogP contribution in [0, 0.1) is 6.92 Å². The molecular weight excluding hydrogens is 244 g/mol. The fourth-order valence-electron chi connectivity index (χ4n) is 2.73. The Morgan fingerprint density at radius 3 is 3.00 bits per heavy atom. The van der Waals surface area contributed by atoms with Crippen molar-refractivity contribution in [3.8, 4) is 0 Å². The molecule has 3 heteroatoms. The SMILES string of the molecule is Cc1ccc2nc3c(c(CCl)c2c1)CN(C)CC3. The number of fused-ring (bicyclic) bond motifs is 2. The van der Waals surface area contributed by atoms with E-state index in [-0.39, 0.29) is 0 Å². The molecule has 0 amide bonds. The summed E-state index contributed by atoms with van der Waals surface area (Å²) in [6.45, 7) is 4.16. The zero-order chi connectivity index (χ0) is 12.7. The maximum absolute atomic E-state index is 6.20. The Balaban J connectivity index is 2.31. The van der Waals surface area contributed by atoms with Crippen LogP contribution in [0.4, 0.5) is 0 Å². The summed E-state index contributed by atoms with van der Waals surface area (Å²) in [5, 5.41) is 1.22. The molecule has 2 aromatic rings. The Labute approximate surface area is 113 Å². The van der Waals surface area contributed by atoms with Gasteiger partial charge in [0.25, 0.3) is 0 Å². The highest BCUT2D eigenvalue weighted by molar-refractivity contribution is 6.18. The number of pyridine rings is 1. The fraction of sp³-hybridized carbons (Fsp3) is 0.400. The van der Waals surface area contributed by atoms with Crippen LogP contribution in [0.15, 0.2) is 18.2 Å². The summed E-state index contributed by atoms with van der Waals surface area (Å²) >= 11 is 6.20. The number of rotatable bonds is 1. The smallest absolute Gasteiger partial charge is 0.0708 e. The molecule has 0 bridgehead atoms. The number of alkyl halides is 1. The molecule has 1 aromatic heterocycles. The van der Waals surface area contributed by atoms with Crippen molar-refractivity contribution in [2.75, 3.05) is 13.6 Å². The van der Waals surface area contributed by atoms with Crippen LogP contribution < -0.4 is 0 Å². The molecule has 1 aliphatic heterocycles. The van der Waals surface area contributed by atoms with Gasteiger partial charge in [0.15, 0.2) is 0 Å². The number of hydrogen-bond acceptors (Lipinski definition) is 2. The zero-order valence-electron chi connectivity index (χ0n) is 10.8. The maximum atomic E-state index is 6.20. The normalized spacial score (nSPS) is 15.9. The minimum Gasteiger partial charge on any atom is -0.302 e. The summed E-state index contributed by atoms with van der Waals surface area (Å²) in [7, 11) is 2.15. The van der Waals surface area contributed by atoms with Gasteiger partial charge in [-0.05, 0) is 37.2 Å². The Hall–Kier alpha value is -1.12. The van der Waals surface area contributed by atoms with E-state index in [2.05, 4.69) is 37.1 Å². The molecule has 0 N–H and O–H groups in total. The van der Waals surface area contributed by atoms with Crippen LogP contribution in [0.5, 0.6) is 0 Å². The third kappa shape index (κ3) is 1.90. The molecule has 0 radical (unpaired) electrons. The predicted molar refractivity (Wildman–Crippen MR) is 76.1 cm³/mol. The van der Waals surface area contributed by atoms with Crippen LogP contribution in [0.1, 0.15) is 22.4 Å². The lowest BCUT2D eigenvalue weighted by Gasteiger charge is -2.27. The van der Waals surface area contributed by atoms with E-state index < -0.39 is 0 Å². The number of aryl methyl sites for hydroxylation is 1. The molecule has 2 heterocycles. The van der Waals surface area contributed by atoms with E-state index in [0.717, 1.165) is 25.0 Å². The lowest BCUT2D eigenvalue weighted by molar-refractivity contribution is 0.309. The summed E-state index contributed by atoms with van der Waals surface area (Å²) in [4.78, 5) is 7.15. The first-order chi connectivity index (χ1) is 8.69. The van der Waals surface area contributed by atoms with Crippen molar-refractivity contribution in [1.82, 2.24) is 9.88 Å². The summed E-state index contributed by atoms with van der Waals surface area (Å²) < 4.78 is 0. The van der Waals surface area contributed by atoms with Gasteiger partial charge in [-0.1, -0.05) is 11.6 Å². The number of likely N-dealkylation sites (N-methyl/N-ethyl adjacent to an activating group) is 1. The molecule has 1 aliphatic rings. The van der Waals surface area contributed by atoms with Gasteiger partial charge >= 0.3 is 0 Å². The van der Waals surface area contributed by atoms with Gasteiger partial charge in [-0.25, -0.2) is 0 Å². The fourth-order valence-corrected chi connectivity index (χ4v) is 3.04. The number of nitrogens with zero attached hydrogens (tertiary/aromatic N) is 2. The molecule has 1 aromatic carbocycles. The molecule has 0 atom stereocenters. The standard InChI is InChI=1S/C15H17ClN2/c1-10-3-4-14-11(7-10)12(8-16)13-9-18(2)6-5-15(13)17-14/h3-4,7H,5-6,8-9H2,1-2H3. The van der Waals surface area contributed by atoms with Gasteiger partial charge in [-0.2, -0.15) is 0 Å². The van der Waals surface area contributed by atoms with Gasteiger partial charge in [-0.3, -0.25) is 4.98 Å². The second kappa shape index (κ2) is 4.52. The Morgan fingerprint density at radius 1 is 1.39 bits per heavy atom. The minimum absolute atomic E-state index is 0.568. The van der Waals surface area contributed by atoms with Crippen LogP contribution in [0.3, 0.4) is 0 Å². The first kappa shape index (κ1) is 11.9. The number of aromatic nitrogens is 1. The minimum atomic E-state index is 0.568. The van der Waals surface area contributed by atoms with Crippen molar-refractivity contribution in [2.24, 2.45) is 0 Å². The Kier molecular flexibility index (Phi) is 3.00. The average molecular weight is 261 g/mol. The first-order valence-corrected chi connectivity index (χ1v) is 6.88. The van der Waals surface area contributed by atoms with Crippen LogP contribution in [0.25, 0.3) is 10.9 Å². The van der Waals surface area contributed by atoms with Gasteiger partial charge in [0.2, 0.25) is 0 Å². The van der Waals surface area contributed by atoms with Crippen LogP contribution in [-0.2, 0) is 18.8 Å². The highest BCUT2D eigenvalue weighted by Crippen LogP contribution is 2.29. The Morgan fingerprint density at radius 2 is 2.22 bits per heavy atom. The first-order valence-electron chi connectivity index (χ1n) is 6.34. The van der Waals surface area contributed by atoms with Gasteiger partial charge in [-0.15, -0.1) is 11.6 Å². The van der Waals surface area contributed by atoms with Gasteiger partial charge in [0, 0.05) is 36.5 Å². The molecule has 2 nitrogen and oxygen atoms in total. The summed E-state index contributed by atoms with van der Waals surface area (Å²) in [5.41, 5.74) is 6.20. The van der Waals surface area contributed by atoms with Crippen LogP contribution in [0.2, 0.25) is 0 Å². The summed E-state index contributed by atoms with van der Waals surface area (Å²) in [6, 6.07) is 6.43. The Bertz CT molecular complexity index is 607. The van der Waals surface area contributed by atoms with Crippen molar-refractivity contribution in [2.45, 2.75) is 25.8 Å². The van der Waals surface area contributed by atoms with Crippen LogP contribution in [-0.4, -0.2) is 23.5 Å². The van der Waals surface area contributed by atoms with Crippen molar-refractivity contribution in [1.29, 1.82) is 0 Å². The third-order valence-corrected chi connectivity index (χ3v) is 4.00. The molecule has 0 saturated heterocycles. The van der Waals surface area contributed by atoms with Gasteiger partial charge < -0.3 is 4.90 Å². The van der Waals surface area contributed by atoms with Crippen molar-refractivity contribution in [3.63, 3.8) is 0 Å². The summed E-state index contributed by atoms with van der Waals surface area (Å²) in [5.74, 6) is 0.568. The highest BCUT2D eigenvalue weighted by Gasteiger charge is 2.19. The molecular formula is C15H17ClN2. The van der Waals surface area contributed by atoms with E-state index in [1.54, 1.807) is 0 Å². The number of hydrogen-bond donors (Lipinski definition) is 0. The molecule has 0 saturated carbocycles. The lowest BCUT2D eigenvalue weighted by atomic mass is 9.96. The quantitative estimate of drug-likeness (QED) is 0.732. The molecule has 0 fully saturated rings. The molecule has 18 heavy (non-hydrogen) atoms. The largest absolute Gasteiger partial charge is 0.302 e. The number of benzene rings is 1. The second-order valence-electron chi connectivity index (χ2n) is 5.16. The van der Waals surface area contributed by atoms with E-state index in [1.807, 2.05) is 0 Å². The van der Waals surface area contributed by atoms with Crippen molar-refractivity contribution in [3.05, 3.63) is 40.6 Å². The predicted octanol–water partition coefficient (Wildman–Crippen LogP) is 3.27. The van der Waals surface area contributed by atoms with E-state index in [9.17, 15) is 0 Å². The van der Waals surface area contributed by atoms with E-state index in [1.165, 1.54) is 27.8 Å². The van der Waals surface area contributed by atoms with E-state index in [0.29, 0.717) is 5.88 Å². The highest BCUT2D eigenvalue weighted by atomic mass is 35.5. The molecule has 0 unspecified atom stereocenters. The summed E-state index contributed by atoms with van der Waals surface area (Å²) in [6.07, 6.45) is 1.03. The van der Waals surface area contributed by atoms with E-state index >= 15 is 0 Å². The molecule has 0 spiro atoms. The topological polar surface area (TPSA) is 16.1 Å².